The zero-order valence-electron chi connectivity index (χ0n) is 10.4. The molecule has 0 aromatic heterocycles. The van der Waals surface area contributed by atoms with Gasteiger partial charge >= 0.3 is 5.97 Å². The Morgan fingerprint density at radius 1 is 1.41 bits per heavy atom. The largest absolute Gasteiger partial charge is 0.492 e. The number of carboxylic acid groups (broad SMARTS) is 1. The van der Waals surface area contributed by atoms with Crippen molar-refractivity contribution in [3.63, 3.8) is 0 Å². The van der Waals surface area contributed by atoms with Gasteiger partial charge in [-0.15, -0.1) is 11.8 Å². The maximum Gasteiger partial charge on any atom is 0.319 e. The number of aliphatic carboxylic acids is 1. The van der Waals surface area contributed by atoms with Crippen LogP contribution in [0.3, 0.4) is 0 Å². The molecule has 0 amide bonds. The van der Waals surface area contributed by atoms with Crippen LogP contribution in [0.1, 0.15) is 19.4 Å². The van der Waals surface area contributed by atoms with Gasteiger partial charge < -0.3 is 9.84 Å². The maximum absolute atomic E-state index is 10.9. The fourth-order valence-corrected chi connectivity index (χ4v) is 2.03. The average molecular weight is 254 g/mol. The van der Waals surface area contributed by atoms with E-state index in [2.05, 4.69) is 0 Å². The normalized spacial score (nSPS) is 11.2. The highest BCUT2D eigenvalue weighted by Crippen LogP contribution is 2.24. The molecule has 4 heteroatoms. The van der Waals surface area contributed by atoms with Gasteiger partial charge in [0.25, 0.3) is 0 Å². The van der Waals surface area contributed by atoms with Crippen LogP contribution in [-0.4, -0.2) is 28.2 Å². The Balaban J connectivity index is 2.35. The second kappa shape index (κ2) is 5.96. The van der Waals surface area contributed by atoms with Gasteiger partial charge in [0.2, 0.25) is 0 Å². The minimum Gasteiger partial charge on any atom is -0.492 e. The molecule has 0 atom stereocenters. The Labute approximate surface area is 106 Å². The highest BCUT2D eigenvalue weighted by Gasteiger charge is 2.27. The first-order valence-electron chi connectivity index (χ1n) is 5.49. The second-order valence-electron chi connectivity index (χ2n) is 4.28. The summed E-state index contributed by atoms with van der Waals surface area (Å²) >= 11 is 1.39. The topological polar surface area (TPSA) is 46.5 Å². The van der Waals surface area contributed by atoms with Crippen molar-refractivity contribution in [2.75, 3.05) is 12.4 Å². The monoisotopic (exact) mass is 254 g/mol. The van der Waals surface area contributed by atoms with E-state index in [0.717, 1.165) is 11.3 Å². The minimum absolute atomic E-state index is 0.520. The molecule has 1 aromatic carbocycles. The second-order valence-corrected chi connectivity index (χ2v) is 6.00. The van der Waals surface area contributed by atoms with Gasteiger partial charge in [0.15, 0.2) is 0 Å². The van der Waals surface area contributed by atoms with Gasteiger partial charge in [0, 0.05) is 5.75 Å². The number of hydrogen-bond acceptors (Lipinski definition) is 3. The number of rotatable bonds is 6. The lowest BCUT2D eigenvalue weighted by Gasteiger charge is -2.18. The number of carboxylic acids is 1. The van der Waals surface area contributed by atoms with Crippen LogP contribution in [0.5, 0.6) is 5.75 Å². The summed E-state index contributed by atoms with van der Waals surface area (Å²) in [6.45, 7) is 5.91. The first-order chi connectivity index (χ1) is 7.93. The molecule has 0 fully saturated rings. The van der Waals surface area contributed by atoms with Crippen molar-refractivity contribution in [1.82, 2.24) is 0 Å². The van der Waals surface area contributed by atoms with E-state index in [9.17, 15) is 4.79 Å². The molecule has 1 rings (SSSR count). The summed E-state index contributed by atoms with van der Waals surface area (Å²) in [4.78, 5) is 10.9. The van der Waals surface area contributed by atoms with Gasteiger partial charge in [-0.25, -0.2) is 0 Å². The molecule has 0 aliphatic rings. The summed E-state index contributed by atoms with van der Waals surface area (Å²) in [5.41, 5.74) is 1.09. The van der Waals surface area contributed by atoms with Crippen LogP contribution in [0.15, 0.2) is 24.3 Å². The van der Waals surface area contributed by atoms with Crippen LogP contribution >= 0.6 is 11.8 Å². The summed E-state index contributed by atoms with van der Waals surface area (Å²) in [6.07, 6.45) is 0. The lowest BCUT2D eigenvalue weighted by atomic mass is 10.2. The van der Waals surface area contributed by atoms with E-state index in [0.29, 0.717) is 12.4 Å². The molecule has 0 heterocycles. The molecule has 0 unspecified atom stereocenters. The smallest absolute Gasteiger partial charge is 0.319 e. The number of ether oxygens (including phenoxy) is 1. The minimum atomic E-state index is -0.793. The Morgan fingerprint density at radius 3 is 2.65 bits per heavy atom. The lowest BCUT2D eigenvalue weighted by molar-refractivity contribution is -0.138. The number of aryl methyl sites for hydroxylation is 1. The summed E-state index contributed by atoms with van der Waals surface area (Å²) in [5, 5.41) is 8.94. The van der Waals surface area contributed by atoms with E-state index >= 15 is 0 Å². The SMILES string of the molecule is Cc1ccccc1OCCSC(C)(C)C(=O)O. The van der Waals surface area contributed by atoms with Gasteiger partial charge in [0.05, 0.1) is 6.61 Å². The van der Waals surface area contributed by atoms with Crippen molar-refractivity contribution < 1.29 is 14.6 Å². The van der Waals surface area contributed by atoms with E-state index in [-0.39, 0.29) is 0 Å². The number of thioether (sulfide) groups is 1. The zero-order valence-corrected chi connectivity index (χ0v) is 11.2. The van der Waals surface area contributed by atoms with Crippen molar-refractivity contribution in [2.45, 2.75) is 25.5 Å². The van der Waals surface area contributed by atoms with Gasteiger partial charge in [0.1, 0.15) is 10.5 Å². The molecule has 0 radical (unpaired) electrons. The summed E-state index contributed by atoms with van der Waals surface area (Å²) < 4.78 is 4.84. The van der Waals surface area contributed by atoms with E-state index in [1.807, 2.05) is 31.2 Å². The summed E-state index contributed by atoms with van der Waals surface area (Å²) in [6, 6.07) is 7.80. The first-order valence-corrected chi connectivity index (χ1v) is 6.48. The highest BCUT2D eigenvalue weighted by atomic mass is 32.2. The molecule has 0 spiro atoms. The van der Waals surface area contributed by atoms with Crippen LogP contribution in [0.2, 0.25) is 0 Å². The quantitative estimate of drug-likeness (QED) is 0.793. The Kier molecular flexibility index (Phi) is 4.87. The fraction of sp³-hybridized carbons (Fsp3) is 0.462. The number of hydrogen-bond donors (Lipinski definition) is 1. The standard InChI is InChI=1S/C13H18O3S/c1-10-6-4-5-7-11(10)16-8-9-17-13(2,3)12(14)15/h4-7H,8-9H2,1-3H3,(H,14,15). The molecule has 1 N–H and O–H groups in total. The Hall–Kier alpha value is -1.16. The van der Waals surface area contributed by atoms with Crippen molar-refractivity contribution in [3.8, 4) is 5.75 Å². The third kappa shape index (κ3) is 4.30. The van der Waals surface area contributed by atoms with Crippen LogP contribution in [-0.2, 0) is 4.79 Å². The summed E-state index contributed by atoms with van der Waals surface area (Å²) in [7, 11) is 0. The molecule has 0 aliphatic heterocycles. The van der Waals surface area contributed by atoms with Gasteiger partial charge in [-0.05, 0) is 32.4 Å². The molecule has 3 nitrogen and oxygen atoms in total. The first kappa shape index (κ1) is 13.9. The zero-order chi connectivity index (χ0) is 12.9. The number of benzene rings is 1. The lowest BCUT2D eigenvalue weighted by Crippen LogP contribution is -2.28. The van der Waals surface area contributed by atoms with Crippen molar-refractivity contribution in [2.24, 2.45) is 0 Å². The molecule has 94 valence electrons. The summed E-state index contributed by atoms with van der Waals surface area (Å²) in [5.74, 6) is 0.729. The Bertz CT molecular complexity index is 388. The van der Waals surface area contributed by atoms with Crippen molar-refractivity contribution >= 4 is 17.7 Å². The molecule has 0 saturated heterocycles. The molecule has 0 saturated carbocycles. The van der Waals surface area contributed by atoms with Crippen molar-refractivity contribution in [1.29, 1.82) is 0 Å². The number of para-hydroxylation sites is 1. The Morgan fingerprint density at radius 2 is 2.06 bits per heavy atom. The average Bonchev–Trinajstić information content (AvgIpc) is 2.26. The molecular weight excluding hydrogens is 236 g/mol. The predicted octanol–water partition coefficient (Wildman–Crippen LogP) is 2.97. The third-order valence-electron chi connectivity index (χ3n) is 2.41. The molecule has 0 aliphatic carbocycles. The van der Waals surface area contributed by atoms with Crippen molar-refractivity contribution in [3.05, 3.63) is 29.8 Å². The van der Waals surface area contributed by atoms with E-state index < -0.39 is 10.7 Å². The van der Waals surface area contributed by atoms with Gasteiger partial charge in [-0.2, -0.15) is 0 Å². The third-order valence-corrected chi connectivity index (χ3v) is 3.68. The fourth-order valence-electron chi connectivity index (χ4n) is 1.23. The van der Waals surface area contributed by atoms with Crippen LogP contribution < -0.4 is 4.74 Å². The molecule has 1 aromatic rings. The molecule has 0 bridgehead atoms. The highest BCUT2D eigenvalue weighted by molar-refractivity contribution is 8.01. The van der Waals surface area contributed by atoms with Crippen LogP contribution in [0.25, 0.3) is 0 Å². The van der Waals surface area contributed by atoms with Gasteiger partial charge in [-0.1, -0.05) is 18.2 Å². The van der Waals surface area contributed by atoms with Crippen LogP contribution in [0, 0.1) is 6.92 Å². The predicted molar refractivity (Wildman–Crippen MR) is 70.8 cm³/mol. The number of carbonyl (C=O) groups is 1. The van der Waals surface area contributed by atoms with E-state index in [1.54, 1.807) is 13.8 Å². The molecular formula is C13H18O3S. The van der Waals surface area contributed by atoms with Crippen LogP contribution in [0.4, 0.5) is 0 Å². The van der Waals surface area contributed by atoms with E-state index in [4.69, 9.17) is 9.84 Å². The van der Waals surface area contributed by atoms with Gasteiger partial charge in [-0.3, -0.25) is 4.79 Å². The van der Waals surface area contributed by atoms with E-state index in [1.165, 1.54) is 11.8 Å². The maximum atomic E-state index is 10.9. The molecule has 17 heavy (non-hydrogen) atoms.